The van der Waals surface area contributed by atoms with Crippen LogP contribution in [0.5, 0.6) is 0 Å². The van der Waals surface area contributed by atoms with E-state index in [1.54, 1.807) is 18.3 Å². The monoisotopic (exact) mass is 444 g/mol. The van der Waals surface area contributed by atoms with Crippen molar-refractivity contribution >= 4 is 15.7 Å². The number of sulfonamides is 1. The molecule has 0 atom stereocenters. The quantitative estimate of drug-likeness (QED) is 0.421. The molecule has 0 fully saturated rings. The van der Waals surface area contributed by atoms with E-state index in [1.165, 1.54) is 12.1 Å². The summed E-state index contributed by atoms with van der Waals surface area (Å²) in [7, 11) is -3.98. The second kappa shape index (κ2) is 7.92. The third-order valence-corrected chi connectivity index (χ3v) is 5.84. The van der Waals surface area contributed by atoms with Gasteiger partial charge in [-0.1, -0.05) is 30.3 Å². The first kappa shape index (κ1) is 20.7. The Balaban J connectivity index is 1.51. The minimum absolute atomic E-state index is 0.0253. The fourth-order valence-corrected chi connectivity index (χ4v) is 3.92. The lowest BCUT2D eigenvalue weighted by Gasteiger charge is -2.10. The van der Waals surface area contributed by atoms with Crippen LogP contribution >= 0.6 is 0 Å². The molecule has 0 saturated heterocycles. The fourth-order valence-electron chi connectivity index (χ4n) is 2.86. The molecule has 158 valence electrons. The van der Waals surface area contributed by atoms with Crippen molar-refractivity contribution in [3.05, 3.63) is 90.6 Å². The number of halogens is 3. The van der Waals surface area contributed by atoms with Crippen LogP contribution in [0.2, 0.25) is 0 Å². The highest BCUT2D eigenvalue weighted by Gasteiger charge is 2.30. The SMILES string of the molecule is O=S(=O)(Nc1ccc(C(F)(F)F)cc1)c1ccc(-c2ncc(-c3ccccc3)o2)cc1. The summed E-state index contributed by atoms with van der Waals surface area (Å²) >= 11 is 0. The Bertz CT molecular complexity index is 1280. The van der Waals surface area contributed by atoms with Crippen molar-refractivity contribution in [2.75, 3.05) is 4.72 Å². The van der Waals surface area contributed by atoms with Crippen molar-refractivity contribution in [2.24, 2.45) is 0 Å². The molecule has 0 saturated carbocycles. The van der Waals surface area contributed by atoms with Gasteiger partial charge in [0.2, 0.25) is 5.89 Å². The lowest BCUT2D eigenvalue weighted by Crippen LogP contribution is -2.13. The molecule has 0 aliphatic heterocycles. The molecule has 1 N–H and O–H groups in total. The van der Waals surface area contributed by atoms with E-state index < -0.39 is 21.8 Å². The van der Waals surface area contributed by atoms with Gasteiger partial charge in [0.15, 0.2) is 5.76 Å². The van der Waals surface area contributed by atoms with Crippen LogP contribution in [0.15, 0.2) is 94.4 Å². The molecule has 0 amide bonds. The second-order valence-corrected chi connectivity index (χ2v) is 8.28. The van der Waals surface area contributed by atoms with E-state index in [4.69, 9.17) is 4.42 Å². The van der Waals surface area contributed by atoms with Gasteiger partial charge < -0.3 is 4.42 Å². The number of oxazole rings is 1. The van der Waals surface area contributed by atoms with Gasteiger partial charge in [-0.15, -0.1) is 0 Å². The Kier molecular flexibility index (Phi) is 5.28. The van der Waals surface area contributed by atoms with E-state index in [2.05, 4.69) is 9.71 Å². The molecule has 0 bridgehead atoms. The second-order valence-electron chi connectivity index (χ2n) is 6.60. The minimum atomic E-state index is -4.49. The highest BCUT2D eigenvalue weighted by Crippen LogP contribution is 2.31. The summed E-state index contributed by atoms with van der Waals surface area (Å²) < 4.78 is 71.0. The fraction of sp³-hybridized carbons (Fsp3) is 0.0455. The van der Waals surface area contributed by atoms with Gasteiger partial charge in [0.1, 0.15) is 0 Å². The number of aromatic nitrogens is 1. The number of hydrogen-bond donors (Lipinski definition) is 1. The van der Waals surface area contributed by atoms with Crippen LogP contribution in [-0.4, -0.2) is 13.4 Å². The Morgan fingerprint density at radius 2 is 1.45 bits per heavy atom. The van der Waals surface area contributed by atoms with Crippen LogP contribution in [0.25, 0.3) is 22.8 Å². The lowest BCUT2D eigenvalue weighted by atomic mass is 10.2. The van der Waals surface area contributed by atoms with Crippen LogP contribution in [0.4, 0.5) is 18.9 Å². The van der Waals surface area contributed by atoms with Crippen LogP contribution < -0.4 is 4.72 Å². The first-order chi connectivity index (χ1) is 14.7. The highest BCUT2D eigenvalue weighted by molar-refractivity contribution is 7.92. The zero-order chi connectivity index (χ0) is 22.1. The van der Waals surface area contributed by atoms with E-state index in [0.29, 0.717) is 17.2 Å². The van der Waals surface area contributed by atoms with Gasteiger partial charge in [-0.25, -0.2) is 13.4 Å². The van der Waals surface area contributed by atoms with E-state index in [1.807, 2.05) is 30.3 Å². The first-order valence-electron chi connectivity index (χ1n) is 9.04. The molecular formula is C22H15F3N2O3S. The van der Waals surface area contributed by atoms with Crippen LogP contribution in [-0.2, 0) is 16.2 Å². The van der Waals surface area contributed by atoms with Gasteiger partial charge in [-0.05, 0) is 48.5 Å². The number of alkyl halides is 3. The molecule has 4 aromatic rings. The zero-order valence-corrected chi connectivity index (χ0v) is 16.6. The van der Waals surface area contributed by atoms with Gasteiger partial charge in [-0.2, -0.15) is 13.2 Å². The topological polar surface area (TPSA) is 72.2 Å². The summed E-state index contributed by atoms with van der Waals surface area (Å²) in [5, 5.41) is 0. The molecule has 4 rings (SSSR count). The largest absolute Gasteiger partial charge is 0.436 e. The molecule has 3 aromatic carbocycles. The molecule has 0 aliphatic carbocycles. The normalized spacial score (nSPS) is 12.0. The number of nitrogens with zero attached hydrogens (tertiary/aromatic N) is 1. The molecule has 0 radical (unpaired) electrons. The standard InChI is InChI=1S/C22H15F3N2O3S/c23-22(24,25)17-8-10-18(11-9-17)27-31(28,29)19-12-6-16(7-13-19)21-26-14-20(30-21)15-4-2-1-3-5-15/h1-14,27H. The summed E-state index contributed by atoms with van der Waals surface area (Å²) in [4.78, 5) is 4.18. The smallest absolute Gasteiger partial charge is 0.416 e. The molecule has 0 aliphatic rings. The van der Waals surface area contributed by atoms with Crippen molar-refractivity contribution in [1.82, 2.24) is 4.98 Å². The number of anilines is 1. The molecule has 0 spiro atoms. The summed E-state index contributed by atoms with van der Waals surface area (Å²) in [5.41, 5.74) is 0.606. The van der Waals surface area contributed by atoms with E-state index in [-0.39, 0.29) is 10.6 Å². The van der Waals surface area contributed by atoms with Crippen molar-refractivity contribution in [3.8, 4) is 22.8 Å². The van der Waals surface area contributed by atoms with Gasteiger partial charge >= 0.3 is 6.18 Å². The molecule has 31 heavy (non-hydrogen) atoms. The maximum absolute atomic E-state index is 12.6. The number of benzene rings is 3. The van der Waals surface area contributed by atoms with Crippen molar-refractivity contribution < 1.29 is 26.0 Å². The Hall–Kier alpha value is -3.59. The molecule has 1 heterocycles. The van der Waals surface area contributed by atoms with E-state index in [9.17, 15) is 21.6 Å². The maximum Gasteiger partial charge on any atom is 0.416 e. The number of rotatable bonds is 5. The summed E-state index contributed by atoms with van der Waals surface area (Å²) in [5.74, 6) is 0.912. The summed E-state index contributed by atoms with van der Waals surface area (Å²) in [6.07, 6.45) is -2.91. The minimum Gasteiger partial charge on any atom is -0.436 e. The van der Waals surface area contributed by atoms with Crippen molar-refractivity contribution in [2.45, 2.75) is 11.1 Å². The third kappa shape index (κ3) is 4.61. The van der Waals surface area contributed by atoms with Gasteiger partial charge in [-0.3, -0.25) is 4.72 Å². The van der Waals surface area contributed by atoms with Crippen molar-refractivity contribution in [1.29, 1.82) is 0 Å². The van der Waals surface area contributed by atoms with Crippen LogP contribution in [0, 0.1) is 0 Å². The Labute approximate surface area is 176 Å². The molecule has 1 aromatic heterocycles. The van der Waals surface area contributed by atoms with Crippen LogP contribution in [0.1, 0.15) is 5.56 Å². The highest BCUT2D eigenvalue weighted by atomic mass is 32.2. The predicted molar refractivity (Wildman–Crippen MR) is 110 cm³/mol. The molecule has 5 nitrogen and oxygen atoms in total. The van der Waals surface area contributed by atoms with Gasteiger partial charge in [0.25, 0.3) is 10.0 Å². The van der Waals surface area contributed by atoms with Crippen molar-refractivity contribution in [3.63, 3.8) is 0 Å². The third-order valence-electron chi connectivity index (χ3n) is 4.44. The zero-order valence-electron chi connectivity index (χ0n) is 15.8. The maximum atomic E-state index is 12.6. The lowest BCUT2D eigenvalue weighted by molar-refractivity contribution is -0.137. The van der Waals surface area contributed by atoms with Gasteiger partial charge in [0.05, 0.1) is 16.7 Å². The predicted octanol–water partition coefficient (Wildman–Crippen LogP) is 5.83. The number of nitrogens with one attached hydrogen (secondary N) is 1. The van der Waals surface area contributed by atoms with E-state index >= 15 is 0 Å². The summed E-state index contributed by atoms with van der Waals surface area (Å²) in [6, 6.07) is 19.0. The molecular weight excluding hydrogens is 429 g/mol. The van der Waals surface area contributed by atoms with Crippen LogP contribution in [0.3, 0.4) is 0 Å². The van der Waals surface area contributed by atoms with Gasteiger partial charge in [0, 0.05) is 16.8 Å². The molecule has 9 heteroatoms. The average molecular weight is 444 g/mol. The average Bonchev–Trinajstić information content (AvgIpc) is 3.24. The first-order valence-corrected chi connectivity index (χ1v) is 10.5. The summed E-state index contributed by atoms with van der Waals surface area (Å²) in [6.45, 7) is 0. The Morgan fingerprint density at radius 3 is 2.06 bits per heavy atom. The molecule has 0 unspecified atom stereocenters. The Morgan fingerprint density at radius 1 is 0.806 bits per heavy atom. The number of hydrogen-bond acceptors (Lipinski definition) is 4. The van der Waals surface area contributed by atoms with E-state index in [0.717, 1.165) is 29.8 Å².